The van der Waals surface area contributed by atoms with Crippen molar-refractivity contribution in [1.82, 2.24) is 29.4 Å². The SMILES string of the molecule is CCC(c1nc2c3ccsc3ncn2n1)n1cc(Cl)cn1. The molecule has 4 aromatic heterocycles. The van der Waals surface area contributed by atoms with Gasteiger partial charge in [0.15, 0.2) is 11.5 Å². The van der Waals surface area contributed by atoms with Gasteiger partial charge in [-0.2, -0.15) is 5.10 Å². The molecule has 4 rings (SSSR count). The minimum absolute atomic E-state index is 0.0360. The van der Waals surface area contributed by atoms with Gasteiger partial charge in [0, 0.05) is 6.20 Å². The number of nitrogens with zero attached hydrogens (tertiary/aromatic N) is 6. The number of hydrogen-bond donors (Lipinski definition) is 0. The van der Waals surface area contributed by atoms with Crippen LogP contribution in [0.2, 0.25) is 5.02 Å². The Morgan fingerprint density at radius 3 is 3.10 bits per heavy atom. The molecule has 106 valence electrons. The summed E-state index contributed by atoms with van der Waals surface area (Å²) in [7, 11) is 0. The Labute approximate surface area is 129 Å². The Morgan fingerprint density at radius 1 is 1.43 bits per heavy atom. The zero-order valence-corrected chi connectivity index (χ0v) is 12.7. The summed E-state index contributed by atoms with van der Waals surface area (Å²) in [4.78, 5) is 10.0. The number of rotatable bonds is 3. The van der Waals surface area contributed by atoms with E-state index >= 15 is 0 Å². The molecule has 4 aromatic rings. The molecular formula is C13H11ClN6S. The minimum atomic E-state index is -0.0360. The Morgan fingerprint density at radius 2 is 2.33 bits per heavy atom. The molecule has 0 amide bonds. The number of fused-ring (bicyclic) bond motifs is 3. The Hall–Kier alpha value is -1.99. The molecule has 0 saturated carbocycles. The van der Waals surface area contributed by atoms with Gasteiger partial charge < -0.3 is 0 Å². The fraction of sp³-hybridized carbons (Fsp3) is 0.231. The summed E-state index contributed by atoms with van der Waals surface area (Å²) in [5.74, 6) is 0.720. The van der Waals surface area contributed by atoms with Gasteiger partial charge in [-0.3, -0.25) is 4.68 Å². The van der Waals surface area contributed by atoms with E-state index in [2.05, 4.69) is 27.1 Å². The van der Waals surface area contributed by atoms with Crippen LogP contribution in [0.5, 0.6) is 0 Å². The van der Waals surface area contributed by atoms with Crippen LogP contribution in [0, 0.1) is 0 Å². The van der Waals surface area contributed by atoms with Crippen molar-refractivity contribution in [3.8, 4) is 0 Å². The van der Waals surface area contributed by atoms with Gasteiger partial charge in [0.05, 0.1) is 16.6 Å². The van der Waals surface area contributed by atoms with Gasteiger partial charge in [-0.1, -0.05) is 18.5 Å². The third kappa shape index (κ3) is 2.00. The summed E-state index contributed by atoms with van der Waals surface area (Å²) < 4.78 is 3.52. The van der Waals surface area contributed by atoms with E-state index in [1.807, 2.05) is 11.4 Å². The van der Waals surface area contributed by atoms with E-state index < -0.39 is 0 Å². The highest BCUT2D eigenvalue weighted by molar-refractivity contribution is 7.16. The lowest BCUT2D eigenvalue weighted by Gasteiger charge is -2.10. The maximum absolute atomic E-state index is 5.95. The van der Waals surface area contributed by atoms with Crippen molar-refractivity contribution in [2.75, 3.05) is 0 Å². The van der Waals surface area contributed by atoms with Crippen LogP contribution in [0.15, 0.2) is 30.2 Å². The zero-order valence-electron chi connectivity index (χ0n) is 11.1. The van der Waals surface area contributed by atoms with Gasteiger partial charge in [-0.05, 0) is 17.9 Å². The number of halogens is 1. The highest BCUT2D eigenvalue weighted by Gasteiger charge is 2.19. The first-order chi connectivity index (χ1) is 10.3. The van der Waals surface area contributed by atoms with E-state index in [0.717, 1.165) is 28.1 Å². The lowest BCUT2D eigenvalue weighted by molar-refractivity contribution is 0.484. The van der Waals surface area contributed by atoms with Crippen LogP contribution in [0.1, 0.15) is 25.2 Å². The van der Waals surface area contributed by atoms with Crippen LogP contribution in [-0.2, 0) is 0 Å². The maximum atomic E-state index is 5.95. The quantitative estimate of drug-likeness (QED) is 0.582. The van der Waals surface area contributed by atoms with Crippen molar-refractivity contribution in [3.05, 3.63) is 41.0 Å². The fourth-order valence-electron chi connectivity index (χ4n) is 2.40. The van der Waals surface area contributed by atoms with Crippen LogP contribution in [0.25, 0.3) is 15.9 Å². The minimum Gasteiger partial charge on any atom is -0.260 e. The second kappa shape index (κ2) is 4.78. The molecule has 0 aliphatic carbocycles. The molecule has 21 heavy (non-hydrogen) atoms. The predicted octanol–water partition coefficient (Wildman–Crippen LogP) is 3.19. The van der Waals surface area contributed by atoms with Gasteiger partial charge in [-0.15, -0.1) is 16.4 Å². The molecule has 8 heteroatoms. The Kier molecular flexibility index (Phi) is 2.90. The third-order valence-corrected chi connectivity index (χ3v) is 4.41. The number of thiophene rings is 1. The van der Waals surface area contributed by atoms with E-state index in [1.165, 1.54) is 0 Å². The molecule has 0 N–H and O–H groups in total. The molecular weight excluding hydrogens is 308 g/mol. The smallest absolute Gasteiger partial charge is 0.176 e. The van der Waals surface area contributed by atoms with E-state index in [9.17, 15) is 0 Å². The molecule has 0 fully saturated rings. The lowest BCUT2D eigenvalue weighted by atomic mass is 10.2. The van der Waals surface area contributed by atoms with E-state index in [0.29, 0.717) is 5.02 Å². The van der Waals surface area contributed by atoms with Gasteiger partial charge in [0.2, 0.25) is 0 Å². The van der Waals surface area contributed by atoms with Crippen LogP contribution in [0.4, 0.5) is 0 Å². The fourth-order valence-corrected chi connectivity index (χ4v) is 3.27. The van der Waals surface area contributed by atoms with Crippen molar-refractivity contribution < 1.29 is 0 Å². The van der Waals surface area contributed by atoms with Crippen LogP contribution in [0.3, 0.4) is 0 Å². The van der Waals surface area contributed by atoms with E-state index in [1.54, 1.807) is 39.3 Å². The molecule has 1 unspecified atom stereocenters. The normalized spacial score (nSPS) is 13.2. The van der Waals surface area contributed by atoms with Crippen molar-refractivity contribution in [1.29, 1.82) is 0 Å². The summed E-state index contributed by atoms with van der Waals surface area (Å²) in [6, 6.07) is 1.98. The molecule has 0 aromatic carbocycles. The first-order valence-corrected chi connectivity index (χ1v) is 7.80. The molecule has 0 radical (unpaired) electrons. The summed E-state index contributed by atoms with van der Waals surface area (Å²) in [5, 5.41) is 12.5. The summed E-state index contributed by atoms with van der Waals surface area (Å²) >= 11 is 7.55. The van der Waals surface area contributed by atoms with Crippen molar-refractivity contribution in [2.24, 2.45) is 0 Å². The predicted molar refractivity (Wildman–Crippen MR) is 81.8 cm³/mol. The molecule has 4 heterocycles. The van der Waals surface area contributed by atoms with Gasteiger partial charge in [0.25, 0.3) is 0 Å². The monoisotopic (exact) mass is 318 g/mol. The molecule has 0 saturated heterocycles. The second-order valence-electron chi connectivity index (χ2n) is 4.68. The topological polar surface area (TPSA) is 60.9 Å². The van der Waals surface area contributed by atoms with Gasteiger partial charge in [-0.25, -0.2) is 14.5 Å². The third-order valence-electron chi connectivity index (χ3n) is 3.39. The molecule has 1 atom stereocenters. The largest absolute Gasteiger partial charge is 0.260 e. The second-order valence-corrected chi connectivity index (χ2v) is 6.02. The van der Waals surface area contributed by atoms with Crippen LogP contribution in [-0.4, -0.2) is 29.4 Å². The Bertz CT molecular complexity index is 923. The van der Waals surface area contributed by atoms with Crippen LogP contribution >= 0.6 is 22.9 Å². The highest BCUT2D eigenvalue weighted by atomic mass is 35.5. The number of aromatic nitrogens is 6. The highest BCUT2D eigenvalue weighted by Crippen LogP contribution is 2.25. The zero-order chi connectivity index (χ0) is 14.4. The summed E-state index contributed by atoms with van der Waals surface area (Å²) in [6.45, 7) is 2.07. The van der Waals surface area contributed by atoms with Crippen molar-refractivity contribution >= 4 is 38.8 Å². The van der Waals surface area contributed by atoms with Crippen LogP contribution < -0.4 is 0 Å². The van der Waals surface area contributed by atoms with E-state index in [4.69, 9.17) is 11.6 Å². The summed E-state index contributed by atoms with van der Waals surface area (Å²) in [6.07, 6.45) is 5.95. The van der Waals surface area contributed by atoms with Crippen molar-refractivity contribution in [2.45, 2.75) is 19.4 Å². The maximum Gasteiger partial charge on any atom is 0.176 e. The van der Waals surface area contributed by atoms with Crippen molar-refractivity contribution in [3.63, 3.8) is 0 Å². The standard InChI is InChI=1S/C13H11ClN6S/c1-2-10(19-6-8(14)5-16-19)11-17-12-9-3-4-21-13(9)15-7-20(12)18-11/h3-7,10H,2H2,1H3. The lowest BCUT2D eigenvalue weighted by Crippen LogP contribution is -2.12. The molecule has 0 aliphatic heterocycles. The molecule has 6 nitrogen and oxygen atoms in total. The molecule has 0 aliphatic rings. The Balaban J connectivity index is 1.88. The molecule has 0 spiro atoms. The number of hydrogen-bond acceptors (Lipinski definition) is 5. The average Bonchev–Trinajstić information content (AvgIpc) is 3.17. The first-order valence-electron chi connectivity index (χ1n) is 6.54. The first kappa shape index (κ1) is 12.7. The molecule has 0 bridgehead atoms. The summed E-state index contributed by atoms with van der Waals surface area (Å²) in [5.41, 5.74) is 0.827. The van der Waals surface area contributed by atoms with Gasteiger partial charge >= 0.3 is 0 Å². The average molecular weight is 319 g/mol. The van der Waals surface area contributed by atoms with E-state index in [-0.39, 0.29) is 6.04 Å². The van der Waals surface area contributed by atoms with Gasteiger partial charge in [0.1, 0.15) is 17.2 Å².